The Hall–Kier alpha value is -0.960. The average Bonchev–Trinajstić information content (AvgIpc) is 2.02. The molecular formula is C8H9F3NOP. The van der Waals surface area contributed by atoms with E-state index in [9.17, 15) is 13.2 Å². The largest absolute Gasteiger partial charge is 0.450 e. The first-order valence-corrected chi connectivity index (χ1v) is 4.30. The summed E-state index contributed by atoms with van der Waals surface area (Å²) in [6, 6.07) is 5.63. The number of hydrogen-bond acceptors (Lipinski definition) is 2. The number of ether oxygens (including phenoxy) is 1. The standard InChI is InChI=1S/C8H9F3NOP/c9-7(10)8(11,14)13-6-3-1-2-5(12)4-6/h1-4,7H,12,14H2. The Morgan fingerprint density at radius 3 is 2.57 bits per heavy atom. The molecule has 2 nitrogen and oxygen atoms in total. The number of nitrogens with two attached hydrogens (primary N) is 1. The topological polar surface area (TPSA) is 35.2 Å². The van der Waals surface area contributed by atoms with Gasteiger partial charge in [0, 0.05) is 11.8 Å². The maximum atomic E-state index is 13.0. The van der Waals surface area contributed by atoms with Gasteiger partial charge in [0.2, 0.25) is 0 Å². The van der Waals surface area contributed by atoms with Crippen LogP contribution in [-0.4, -0.2) is 12.0 Å². The van der Waals surface area contributed by atoms with Crippen molar-refractivity contribution in [1.82, 2.24) is 0 Å². The molecule has 0 aliphatic heterocycles. The van der Waals surface area contributed by atoms with E-state index in [1.165, 1.54) is 33.5 Å². The quantitative estimate of drug-likeness (QED) is 0.630. The van der Waals surface area contributed by atoms with E-state index in [4.69, 9.17) is 5.73 Å². The lowest BCUT2D eigenvalue weighted by atomic mass is 10.3. The lowest BCUT2D eigenvalue weighted by Crippen LogP contribution is -2.31. The third kappa shape index (κ3) is 2.77. The molecule has 0 fully saturated rings. The third-order valence-corrected chi connectivity index (χ3v) is 1.80. The fourth-order valence-corrected chi connectivity index (χ4v) is 0.939. The zero-order chi connectivity index (χ0) is 10.8. The first-order chi connectivity index (χ1) is 6.42. The Morgan fingerprint density at radius 2 is 2.07 bits per heavy atom. The molecule has 2 N–H and O–H groups in total. The molecule has 0 saturated heterocycles. The number of hydrogen-bond donors (Lipinski definition) is 1. The van der Waals surface area contributed by atoms with Crippen LogP contribution in [0.1, 0.15) is 0 Å². The predicted octanol–water partition coefficient (Wildman–Crippen LogP) is 2.41. The molecule has 1 aromatic rings. The van der Waals surface area contributed by atoms with Crippen LogP contribution in [0.5, 0.6) is 5.75 Å². The molecule has 2 atom stereocenters. The van der Waals surface area contributed by atoms with Gasteiger partial charge in [-0.2, -0.15) is 4.39 Å². The smallest absolute Gasteiger partial charge is 0.319 e. The first-order valence-electron chi connectivity index (χ1n) is 3.72. The lowest BCUT2D eigenvalue weighted by molar-refractivity contribution is -0.0969. The molecular weight excluding hydrogens is 214 g/mol. The van der Waals surface area contributed by atoms with Gasteiger partial charge in [-0.1, -0.05) is 6.07 Å². The fraction of sp³-hybridized carbons (Fsp3) is 0.250. The molecule has 1 rings (SSSR count). The molecule has 0 aromatic heterocycles. The number of halogens is 3. The van der Waals surface area contributed by atoms with Crippen molar-refractivity contribution in [2.75, 3.05) is 5.73 Å². The van der Waals surface area contributed by atoms with Crippen molar-refractivity contribution in [2.24, 2.45) is 0 Å². The zero-order valence-electron chi connectivity index (χ0n) is 7.08. The van der Waals surface area contributed by atoms with Crippen molar-refractivity contribution in [1.29, 1.82) is 0 Å². The van der Waals surface area contributed by atoms with E-state index in [0.29, 0.717) is 5.69 Å². The van der Waals surface area contributed by atoms with Crippen LogP contribution in [0.3, 0.4) is 0 Å². The molecule has 0 saturated carbocycles. The zero-order valence-corrected chi connectivity index (χ0v) is 8.24. The van der Waals surface area contributed by atoms with Crippen molar-refractivity contribution in [3.63, 3.8) is 0 Å². The number of rotatable bonds is 3. The SMILES string of the molecule is Nc1cccc(OC(F)(P)C(F)F)c1. The monoisotopic (exact) mass is 223 g/mol. The van der Waals surface area contributed by atoms with Crippen LogP contribution in [0.4, 0.5) is 18.9 Å². The Labute approximate surface area is 81.4 Å². The average molecular weight is 223 g/mol. The molecule has 14 heavy (non-hydrogen) atoms. The molecule has 78 valence electrons. The Morgan fingerprint density at radius 1 is 1.43 bits per heavy atom. The van der Waals surface area contributed by atoms with Crippen LogP contribution in [0, 0.1) is 0 Å². The minimum absolute atomic E-state index is 0.0391. The minimum atomic E-state index is -3.24. The van der Waals surface area contributed by atoms with Crippen LogP contribution < -0.4 is 10.5 Å². The van der Waals surface area contributed by atoms with E-state index in [0.717, 1.165) is 0 Å². The molecule has 1 aromatic carbocycles. The number of benzene rings is 1. The summed E-state index contributed by atoms with van der Waals surface area (Å²) in [6.45, 7) is 0. The second-order valence-electron chi connectivity index (χ2n) is 2.67. The molecule has 0 aliphatic rings. The summed E-state index contributed by atoms with van der Waals surface area (Å²) in [5, 5.41) is 0. The summed E-state index contributed by atoms with van der Waals surface area (Å²) in [4.78, 5) is 0. The van der Waals surface area contributed by atoms with Gasteiger partial charge < -0.3 is 10.5 Å². The van der Waals surface area contributed by atoms with Gasteiger partial charge in [0.1, 0.15) is 5.75 Å². The first kappa shape index (κ1) is 11.1. The van der Waals surface area contributed by atoms with Crippen molar-refractivity contribution in [3.05, 3.63) is 24.3 Å². The second-order valence-corrected chi connectivity index (χ2v) is 3.46. The highest BCUT2D eigenvalue weighted by atomic mass is 31.0. The van der Waals surface area contributed by atoms with Gasteiger partial charge in [0.25, 0.3) is 0 Å². The van der Waals surface area contributed by atoms with Crippen LogP contribution in [0.25, 0.3) is 0 Å². The van der Waals surface area contributed by atoms with Gasteiger partial charge in [-0.3, -0.25) is 0 Å². The van der Waals surface area contributed by atoms with Crippen molar-refractivity contribution in [2.45, 2.75) is 12.0 Å². The summed E-state index contributed by atoms with van der Waals surface area (Å²) in [6.07, 6.45) is -3.24. The molecule has 2 unspecified atom stereocenters. The van der Waals surface area contributed by atoms with Crippen molar-refractivity contribution in [3.8, 4) is 5.75 Å². The normalized spacial score (nSPS) is 15.2. The predicted molar refractivity (Wildman–Crippen MR) is 51.0 cm³/mol. The van der Waals surface area contributed by atoms with Crippen LogP contribution in [0.15, 0.2) is 24.3 Å². The molecule has 6 heteroatoms. The summed E-state index contributed by atoms with van der Waals surface area (Å²) < 4.78 is 41.5. The number of alkyl halides is 3. The molecule has 0 spiro atoms. The van der Waals surface area contributed by atoms with E-state index < -0.39 is 12.0 Å². The van der Waals surface area contributed by atoms with E-state index >= 15 is 0 Å². The van der Waals surface area contributed by atoms with Gasteiger partial charge in [0.05, 0.1) is 0 Å². The summed E-state index contributed by atoms with van der Waals surface area (Å²) in [5.74, 6) is -0.0391. The van der Waals surface area contributed by atoms with Crippen LogP contribution >= 0.6 is 9.24 Å². The summed E-state index contributed by atoms with van der Waals surface area (Å²) in [5.41, 5.74) is 2.60. The summed E-state index contributed by atoms with van der Waals surface area (Å²) in [7, 11) is 1.32. The highest BCUT2D eigenvalue weighted by Crippen LogP contribution is 2.32. The fourth-order valence-electron chi connectivity index (χ4n) is 0.803. The molecule has 0 radical (unpaired) electrons. The van der Waals surface area contributed by atoms with Crippen LogP contribution in [-0.2, 0) is 0 Å². The molecule has 0 amide bonds. The highest BCUT2D eigenvalue weighted by molar-refractivity contribution is 7.18. The van der Waals surface area contributed by atoms with E-state index in [1.807, 2.05) is 0 Å². The Balaban J connectivity index is 2.78. The van der Waals surface area contributed by atoms with Gasteiger partial charge in [-0.05, 0) is 21.4 Å². The Bertz CT molecular complexity index is 319. The number of nitrogen functional groups attached to an aromatic ring is 1. The Kier molecular flexibility index (Phi) is 3.21. The van der Waals surface area contributed by atoms with E-state index in [1.54, 1.807) is 0 Å². The molecule has 0 aliphatic carbocycles. The molecule has 0 heterocycles. The van der Waals surface area contributed by atoms with Gasteiger partial charge in [-0.25, -0.2) is 8.78 Å². The van der Waals surface area contributed by atoms with Gasteiger partial charge in [0.15, 0.2) is 0 Å². The number of anilines is 1. The maximum Gasteiger partial charge on any atom is 0.319 e. The minimum Gasteiger partial charge on any atom is -0.450 e. The van der Waals surface area contributed by atoms with E-state index in [-0.39, 0.29) is 5.75 Å². The van der Waals surface area contributed by atoms with Crippen molar-refractivity contribution < 1.29 is 17.9 Å². The van der Waals surface area contributed by atoms with Crippen LogP contribution in [0.2, 0.25) is 0 Å². The van der Waals surface area contributed by atoms with Gasteiger partial charge >= 0.3 is 12.0 Å². The lowest BCUT2D eigenvalue weighted by Gasteiger charge is -2.20. The molecule has 0 bridgehead atoms. The second kappa shape index (κ2) is 4.05. The van der Waals surface area contributed by atoms with Crippen molar-refractivity contribution >= 4 is 14.9 Å². The maximum absolute atomic E-state index is 13.0. The third-order valence-electron chi connectivity index (χ3n) is 1.43. The summed E-state index contributed by atoms with van der Waals surface area (Å²) >= 11 is 0. The van der Waals surface area contributed by atoms with E-state index in [2.05, 4.69) is 4.74 Å². The highest BCUT2D eigenvalue weighted by Gasteiger charge is 2.37. The van der Waals surface area contributed by atoms with Gasteiger partial charge in [-0.15, -0.1) is 0 Å².